The van der Waals surface area contributed by atoms with Gasteiger partial charge in [0.15, 0.2) is 0 Å². The van der Waals surface area contributed by atoms with E-state index in [4.69, 9.17) is 21.3 Å². The van der Waals surface area contributed by atoms with E-state index in [2.05, 4.69) is 16.6 Å². The highest BCUT2D eigenvalue weighted by molar-refractivity contribution is 6.30. The number of halogens is 1. The summed E-state index contributed by atoms with van der Waals surface area (Å²) in [6.07, 6.45) is 7.72. The summed E-state index contributed by atoms with van der Waals surface area (Å²) in [7, 11) is 1.40. The van der Waals surface area contributed by atoms with E-state index in [-0.39, 0.29) is 30.0 Å². The number of ether oxygens (including phenoxy) is 1. The number of aliphatic carboxylic acids is 1. The Bertz CT molecular complexity index is 1300. The molecule has 1 N–H and O–H groups in total. The van der Waals surface area contributed by atoms with Crippen molar-refractivity contribution in [1.29, 1.82) is 0 Å². The van der Waals surface area contributed by atoms with Crippen LogP contribution in [0, 0.1) is 5.92 Å². The second-order valence-electron chi connectivity index (χ2n) is 10.1. The molecule has 36 heavy (non-hydrogen) atoms. The Morgan fingerprint density at radius 3 is 2.78 bits per heavy atom. The first kappa shape index (κ1) is 24.6. The van der Waals surface area contributed by atoms with E-state index >= 15 is 0 Å². The fraction of sp³-hybridized carbons (Fsp3) is 0.538. The van der Waals surface area contributed by atoms with Crippen molar-refractivity contribution in [3.63, 3.8) is 0 Å². The minimum Gasteiger partial charge on any atom is -0.481 e. The van der Waals surface area contributed by atoms with Gasteiger partial charge in [-0.25, -0.2) is 9.78 Å². The number of imidazole rings is 1. The van der Waals surface area contributed by atoms with Gasteiger partial charge in [0.1, 0.15) is 5.82 Å². The molecule has 3 unspecified atom stereocenters. The van der Waals surface area contributed by atoms with Gasteiger partial charge < -0.3 is 14.4 Å². The van der Waals surface area contributed by atoms with Gasteiger partial charge in [-0.2, -0.15) is 5.10 Å². The molecular formula is C26H32ClN5O4. The minimum atomic E-state index is -0.731. The fourth-order valence-corrected chi connectivity index (χ4v) is 6.10. The van der Waals surface area contributed by atoms with Gasteiger partial charge in [-0.15, -0.1) is 0 Å². The molecule has 1 aliphatic heterocycles. The van der Waals surface area contributed by atoms with Gasteiger partial charge in [0.25, 0.3) is 0 Å². The van der Waals surface area contributed by atoms with Crippen molar-refractivity contribution < 1.29 is 19.4 Å². The monoisotopic (exact) mass is 513 g/mol. The Balaban J connectivity index is 1.64. The summed E-state index contributed by atoms with van der Waals surface area (Å²) in [6, 6.07) is 4.09. The van der Waals surface area contributed by atoms with Crippen LogP contribution in [0.15, 0.2) is 24.5 Å². The molecule has 2 aromatic heterocycles. The molecule has 10 heteroatoms. The zero-order valence-electron chi connectivity index (χ0n) is 20.9. The number of nitrogens with zero attached hydrogens (tertiary/aromatic N) is 5. The molecule has 5 rings (SSSR count). The zero-order valence-corrected chi connectivity index (χ0v) is 21.6. The van der Waals surface area contributed by atoms with Crippen molar-refractivity contribution in [2.75, 3.05) is 12.0 Å². The highest BCUT2D eigenvalue weighted by Crippen LogP contribution is 2.41. The molecule has 1 aliphatic carbocycles. The lowest BCUT2D eigenvalue weighted by Crippen LogP contribution is -2.42. The molecule has 1 saturated carbocycles. The lowest BCUT2D eigenvalue weighted by atomic mass is 9.85. The third-order valence-electron chi connectivity index (χ3n) is 7.72. The third-order valence-corrected chi connectivity index (χ3v) is 7.91. The quantitative estimate of drug-likeness (QED) is 0.489. The molecular weight excluding hydrogens is 482 g/mol. The summed E-state index contributed by atoms with van der Waals surface area (Å²) < 4.78 is 9.16. The molecule has 0 bridgehead atoms. The second-order valence-corrected chi connectivity index (χ2v) is 10.6. The molecule has 4 atom stereocenters. The Kier molecular flexibility index (Phi) is 6.68. The topological polar surface area (TPSA) is 102 Å². The molecule has 1 fully saturated rings. The molecule has 1 amide bonds. The van der Waals surface area contributed by atoms with Crippen LogP contribution < -0.4 is 4.90 Å². The number of fused-ring (bicyclic) bond motifs is 3. The molecule has 2 aliphatic rings. The van der Waals surface area contributed by atoms with E-state index < -0.39 is 5.97 Å². The SMILES string of the molecule is COC(=O)N1c2ccc3c(nc(C(C)Cn4cc(Cl)cn4)n3C3CCCC(C(=O)O)C3)c2CC[C@@H]1C. The van der Waals surface area contributed by atoms with Gasteiger partial charge in [0.05, 0.1) is 47.5 Å². The van der Waals surface area contributed by atoms with E-state index in [0.29, 0.717) is 24.4 Å². The van der Waals surface area contributed by atoms with Crippen molar-refractivity contribution in [3.8, 4) is 0 Å². The maximum Gasteiger partial charge on any atom is 0.414 e. The van der Waals surface area contributed by atoms with Crippen LogP contribution in [0.5, 0.6) is 0 Å². The van der Waals surface area contributed by atoms with Gasteiger partial charge in [-0.3, -0.25) is 14.4 Å². The number of amides is 1. The van der Waals surface area contributed by atoms with Crippen LogP contribution in [0.4, 0.5) is 10.5 Å². The van der Waals surface area contributed by atoms with Gasteiger partial charge in [0.2, 0.25) is 0 Å². The summed E-state index contributed by atoms with van der Waals surface area (Å²) in [6.45, 7) is 4.73. The molecule has 0 saturated heterocycles. The summed E-state index contributed by atoms with van der Waals surface area (Å²) in [5, 5.41) is 14.7. The van der Waals surface area contributed by atoms with Crippen molar-refractivity contribution in [2.24, 2.45) is 5.92 Å². The van der Waals surface area contributed by atoms with Crippen LogP contribution in [0.3, 0.4) is 0 Å². The molecule has 3 aromatic rings. The predicted octanol–water partition coefficient (Wildman–Crippen LogP) is 5.41. The largest absolute Gasteiger partial charge is 0.481 e. The maximum absolute atomic E-state index is 12.6. The highest BCUT2D eigenvalue weighted by Gasteiger charge is 2.35. The Labute approximate surface area is 215 Å². The first-order valence-electron chi connectivity index (χ1n) is 12.6. The van der Waals surface area contributed by atoms with Crippen molar-refractivity contribution in [3.05, 3.63) is 40.9 Å². The molecule has 0 spiro atoms. The fourth-order valence-electron chi connectivity index (χ4n) is 5.95. The maximum atomic E-state index is 12.6. The smallest absolute Gasteiger partial charge is 0.414 e. The zero-order chi connectivity index (χ0) is 25.6. The lowest BCUT2D eigenvalue weighted by molar-refractivity contribution is -0.143. The highest BCUT2D eigenvalue weighted by atomic mass is 35.5. The summed E-state index contributed by atoms with van der Waals surface area (Å²) in [5.74, 6) is -0.176. The Morgan fingerprint density at radius 1 is 1.28 bits per heavy atom. The number of methoxy groups -OCH3 is 1. The number of carboxylic acid groups (broad SMARTS) is 1. The van der Waals surface area contributed by atoms with Crippen LogP contribution in [0.25, 0.3) is 11.0 Å². The lowest BCUT2D eigenvalue weighted by Gasteiger charge is -2.34. The van der Waals surface area contributed by atoms with Crippen LogP contribution in [0.1, 0.15) is 69.3 Å². The van der Waals surface area contributed by atoms with E-state index in [1.807, 2.05) is 23.7 Å². The van der Waals surface area contributed by atoms with Gasteiger partial charge in [-0.1, -0.05) is 24.9 Å². The van der Waals surface area contributed by atoms with Gasteiger partial charge in [0, 0.05) is 29.8 Å². The van der Waals surface area contributed by atoms with Crippen molar-refractivity contribution in [2.45, 2.75) is 76.9 Å². The first-order chi connectivity index (χ1) is 17.3. The number of rotatable bonds is 5. The number of aromatic nitrogens is 4. The van der Waals surface area contributed by atoms with Crippen LogP contribution in [-0.2, 0) is 22.5 Å². The third kappa shape index (κ3) is 4.34. The number of benzene rings is 1. The van der Waals surface area contributed by atoms with Crippen LogP contribution >= 0.6 is 11.6 Å². The van der Waals surface area contributed by atoms with Crippen LogP contribution in [0.2, 0.25) is 5.02 Å². The second kappa shape index (κ2) is 9.76. The number of hydrogen-bond donors (Lipinski definition) is 1. The number of carbonyl (C=O) groups excluding carboxylic acids is 1. The van der Waals surface area contributed by atoms with Crippen molar-refractivity contribution >= 4 is 40.4 Å². The number of carbonyl (C=O) groups is 2. The molecule has 3 heterocycles. The van der Waals surface area contributed by atoms with E-state index in [0.717, 1.165) is 53.8 Å². The van der Waals surface area contributed by atoms with Crippen molar-refractivity contribution in [1.82, 2.24) is 19.3 Å². The van der Waals surface area contributed by atoms with E-state index in [1.165, 1.54) is 7.11 Å². The number of hydrogen-bond acceptors (Lipinski definition) is 5. The summed E-state index contributed by atoms with van der Waals surface area (Å²) in [4.78, 5) is 31.4. The summed E-state index contributed by atoms with van der Waals surface area (Å²) >= 11 is 6.09. The standard InChI is InChI=1S/C26H32ClN5O4/c1-15(13-30-14-18(27)12-28-30)24-29-23-20-8-7-16(2)31(26(35)36-3)21(20)9-10-22(23)32(24)19-6-4-5-17(11-19)25(33)34/h9-10,12,14-17,19H,4-8,11,13H2,1-3H3,(H,33,34)/t15?,16-,17?,19?/m0/s1. The van der Waals surface area contributed by atoms with Crippen LogP contribution in [-0.4, -0.2) is 49.7 Å². The van der Waals surface area contributed by atoms with Gasteiger partial charge >= 0.3 is 12.1 Å². The molecule has 192 valence electrons. The van der Waals surface area contributed by atoms with Gasteiger partial charge in [-0.05, 0) is 51.2 Å². The Hall–Kier alpha value is -3.07. The first-order valence-corrected chi connectivity index (χ1v) is 13.0. The van der Waals surface area contributed by atoms with E-state index in [9.17, 15) is 14.7 Å². The number of aryl methyl sites for hydroxylation is 1. The Morgan fingerprint density at radius 2 is 2.08 bits per heavy atom. The molecule has 9 nitrogen and oxygen atoms in total. The number of anilines is 1. The predicted molar refractivity (Wildman–Crippen MR) is 137 cm³/mol. The minimum absolute atomic E-state index is 0.00782. The molecule has 1 aromatic carbocycles. The average molecular weight is 514 g/mol. The average Bonchev–Trinajstić information content (AvgIpc) is 3.46. The molecule has 0 radical (unpaired) electrons. The number of carboxylic acids is 1. The summed E-state index contributed by atoms with van der Waals surface area (Å²) in [5.41, 5.74) is 3.74. The normalized spacial score (nSPS) is 22.9. The van der Waals surface area contributed by atoms with E-state index in [1.54, 1.807) is 17.3 Å².